The molecule has 1 atom stereocenters. The van der Waals surface area contributed by atoms with Gasteiger partial charge >= 0.3 is 6.03 Å². The Morgan fingerprint density at radius 1 is 0.973 bits per heavy atom. The number of halogens is 1. The lowest BCUT2D eigenvalue weighted by Crippen LogP contribution is -2.46. The van der Waals surface area contributed by atoms with Crippen molar-refractivity contribution < 1.29 is 13.7 Å². The molecule has 1 aliphatic heterocycles. The second-order valence-corrected chi connectivity index (χ2v) is 9.80. The number of hydrogen-bond acceptors (Lipinski definition) is 4. The molecule has 37 heavy (non-hydrogen) atoms. The molecule has 6 nitrogen and oxygen atoms in total. The maximum atomic E-state index is 13.9. The smallest absolute Gasteiger partial charge is 0.326 e. The van der Waals surface area contributed by atoms with E-state index in [4.69, 9.17) is 4.52 Å². The number of carbonyl (C=O) groups excluding carboxylic acids is 1. The molecule has 0 fully saturated rings. The van der Waals surface area contributed by atoms with Gasteiger partial charge in [0, 0.05) is 11.3 Å². The zero-order valence-electron chi connectivity index (χ0n) is 21.0. The van der Waals surface area contributed by atoms with E-state index >= 15 is 0 Å². The highest BCUT2D eigenvalue weighted by Crippen LogP contribution is 2.40. The Morgan fingerprint density at radius 2 is 1.81 bits per heavy atom. The topological polar surface area (TPSA) is 71.3 Å². The number of amides is 2. The van der Waals surface area contributed by atoms with E-state index in [2.05, 4.69) is 40.6 Å². The van der Waals surface area contributed by atoms with Crippen LogP contribution >= 0.6 is 0 Å². The van der Waals surface area contributed by atoms with Gasteiger partial charge in [0.15, 0.2) is 0 Å². The zero-order chi connectivity index (χ0) is 25.7. The van der Waals surface area contributed by atoms with E-state index < -0.39 is 6.04 Å². The minimum atomic E-state index is -0.488. The van der Waals surface area contributed by atoms with Gasteiger partial charge in [0.1, 0.15) is 5.82 Å². The molecule has 7 heteroatoms. The van der Waals surface area contributed by atoms with Crippen LogP contribution < -0.4 is 10.2 Å². The number of urea groups is 1. The van der Waals surface area contributed by atoms with Crippen LogP contribution in [0.5, 0.6) is 0 Å². The lowest BCUT2D eigenvalue weighted by molar-refractivity contribution is 0.244. The summed E-state index contributed by atoms with van der Waals surface area (Å²) in [6.07, 6.45) is 3.21. The highest BCUT2D eigenvalue weighted by atomic mass is 19.1. The van der Waals surface area contributed by atoms with Crippen molar-refractivity contribution in [3.63, 3.8) is 0 Å². The number of aryl methyl sites for hydroxylation is 4. The third kappa shape index (κ3) is 4.10. The summed E-state index contributed by atoms with van der Waals surface area (Å²) in [6.45, 7) is 6.01. The number of allylic oxidation sites excluding steroid dienone is 1. The molecule has 6 rings (SSSR count). The Morgan fingerprint density at radius 3 is 2.62 bits per heavy atom. The molecule has 3 aromatic carbocycles. The molecular formula is C30H27FN4O2. The first kappa shape index (κ1) is 23.2. The lowest BCUT2D eigenvalue weighted by atomic mass is 9.92. The van der Waals surface area contributed by atoms with Crippen molar-refractivity contribution in [2.45, 2.75) is 46.1 Å². The summed E-state index contributed by atoms with van der Waals surface area (Å²) >= 11 is 0. The van der Waals surface area contributed by atoms with E-state index in [1.54, 1.807) is 17.0 Å². The molecule has 0 saturated heterocycles. The zero-order valence-corrected chi connectivity index (χ0v) is 21.0. The van der Waals surface area contributed by atoms with Gasteiger partial charge in [-0.25, -0.2) is 9.18 Å². The fourth-order valence-electron chi connectivity index (χ4n) is 5.30. The van der Waals surface area contributed by atoms with Gasteiger partial charge in [0.25, 0.3) is 5.89 Å². The first-order chi connectivity index (χ1) is 17.9. The van der Waals surface area contributed by atoms with Crippen LogP contribution in [-0.4, -0.2) is 16.2 Å². The molecule has 0 bridgehead atoms. The number of carbonyl (C=O) groups is 1. The van der Waals surface area contributed by atoms with Crippen molar-refractivity contribution in [2.24, 2.45) is 0 Å². The van der Waals surface area contributed by atoms with E-state index in [1.165, 1.54) is 28.8 Å². The first-order valence-electron chi connectivity index (χ1n) is 12.5. The van der Waals surface area contributed by atoms with Crippen LogP contribution in [0.15, 0.2) is 70.9 Å². The summed E-state index contributed by atoms with van der Waals surface area (Å²) in [5.74, 6) is 0.195. The van der Waals surface area contributed by atoms with Crippen molar-refractivity contribution in [3.8, 4) is 11.4 Å². The molecule has 1 N–H and O–H groups in total. The van der Waals surface area contributed by atoms with Crippen molar-refractivity contribution in [1.29, 1.82) is 0 Å². The Hall–Kier alpha value is -4.26. The molecule has 1 unspecified atom stereocenters. The van der Waals surface area contributed by atoms with Crippen LogP contribution in [0.2, 0.25) is 0 Å². The van der Waals surface area contributed by atoms with Gasteiger partial charge in [-0.2, -0.15) is 4.98 Å². The lowest BCUT2D eigenvalue weighted by Gasteiger charge is -2.35. The Labute approximate surface area is 214 Å². The van der Waals surface area contributed by atoms with Crippen molar-refractivity contribution in [3.05, 3.63) is 106 Å². The number of nitrogens with zero attached hydrogens (tertiary/aromatic N) is 3. The van der Waals surface area contributed by atoms with Crippen LogP contribution in [0.3, 0.4) is 0 Å². The third-order valence-electron chi connectivity index (χ3n) is 7.43. The van der Waals surface area contributed by atoms with E-state index in [0.717, 1.165) is 36.1 Å². The first-order valence-corrected chi connectivity index (χ1v) is 12.5. The monoisotopic (exact) mass is 494 g/mol. The van der Waals surface area contributed by atoms with Gasteiger partial charge in [-0.05, 0) is 92.1 Å². The quantitative estimate of drug-likeness (QED) is 0.343. The van der Waals surface area contributed by atoms with Crippen LogP contribution in [0, 0.1) is 19.7 Å². The largest absolute Gasteiger partial charge is 0.334 e. The number of rotatable bonds is 4. The maximum absolute atomic E-state index is 13.9. The fraction of sp³-hybridized carbons (Fsp3) is 0.233. The van der Waals surface area contributed by atoms with Gasteiger partial charge in [0.05, 0.1) is 17.3 Å². The standard InChI is InChI=1S/C30H27FN4O2/c1-17-10-11-22(14-18(17)2)27-26(29-33-28(34-37-29)23-8-5-9-24(31)15-23)19(3)35(30(36)32-27)25-13-12-20-6-4-7-21(20)16-25/h5,8-16,27H,4,6-7H2,1-3H3,(H,32,36). The average molecular weight is 495 g/mol. The number of hydrogen-bond donors (Lipinski definition) is 1. The Kier molecular flexibility index (Phi) is 5.63. The second kappa shape index (κ2) is 9.00. The second-order valence-electron chi connectivity index (χ2n) is 9.80. The number of benzene rings is 3. The molecule has 186 valence electrons. The maximum Gasteiger partial charge on any atom is 0.326 e. The summed E-state index contributed by atoms with van der Waals surface area (Å²) in [4.78, 5) is 19.9. The highest BCUT2D eigenvalue weighted by Gasteiger charge is 2.37. The number of fused-ring (bicyclic) bond motifs is 1. The fourth-order valence-corrected chi connectivity index (χ4v) is 5.30. The van der Waals surface area contributed by atoms with Crippen LogP contribution in [0.25, 0.3) is 17.0 Å². The molecule has 0 spiro atoms. The minimum Gasteiger partial charge on any atom is -0.334 e. The van der Waals surface area contributed by atoms with Gasteiger partial charge in [-0.1, -0.05) is 41.6 Å². The van der Waals surface area contributed by atoms with Gasteiger partial charge < -0.3 is 9.84 Å². The SMILES string of the molecule is CC1=C(c2nc(-c3cccc(F)c3)no2)C(c2ccc(C)c(C)c2)NC(=O)N1c1ccc2c(c1)CCC2. The summed E-state index contributed by atoms with van der Waals surface area (Å²) in [6, 6.07) is 17.7. The van der Waals surface area contributed by atoms with Crippen molar-refractivity contribution >= 4 is 17.3 Å². The molecular weight excluding hydrogens is 467 g/mol. The van der Waals surface area contributed by atoms with Gasteiger partial charge in [0.2, 0.25) is 5.82 Å². The third-order valence-corrected chi connectivity index (χ3v) is 7.43. The Balaban J connectivity index is 1.50. The number of nitrogens with one attached hydrogen (secondary N) is 1. The molecule has 0 saturated carbocycles. The summed E-state index contributed by atoms with van der Waals surface area (Å²) in [5, 5.41) is 7.32. The molecule has 2 aliphatic rings. The summed E-state index contributed by atoms with van der Waals surface area (Å²) in [5.41, 5.74) is 8.57. The molecule has 2 heterocycles. The van der Waals surface area contributed by atoms with E-state index in [-0.39, 0.29) is 23.6 Å². The minimum absolute atomic E-state index is 0.215. The molecule has 1 aromatic heterocycles. The van der Waals surface area contributed by atoms with Crippen molar-refractivity contribution in [2.75, 3.05) is 4.90 Å². The summed E-state index contributed by atoms with van der Waals surface area (Å²) < 4.78 is 19.6. The molecule has 1 aliphatic carbocycles. The number of aromatic nitrogens is 2. The average Bonchev–Trinajstić information content (AvgIpc) is 3.55. The predicted molar refractivity (Wildman–Crippen MR) is 140 cm³/mol. The van der Waals surface area contributed by atoms with Gasteiger partial charge in [-0.3, -0.25) is 4.90 Å². The molecule has 2 amide bonds. The predicted octanol–water partition coefficient (Wildman–Crippen LogP) is 6.68. The Bertz CT molecular complexity index is 1570. The number of anilines is 1. The molecule has 0 radical (unpaired) electrons. The summed E-state index contributed by atoms with van der Waals surface area (Å²) in [7, 11) is 0. The van der Waals surface area contributed by atoms with E-state index in [9.17, 15) is 9.18 Å². The van der Waals surface area contributed by atoms with Crippen LogP contribution in [-0.2, 0) is 12.8 Å². The van der Waals surface area contributed by atoms with Crippen LogP contribution in [0.4, 0.5) is 14.9 Å². The van der Waals surface area contributed by atoms with Crippen LogP contribution in [0.1, 0.15) is 53.1 Å². The van der Waals surface area contributed by atoms with Gasteiger partial charge in [-0.15, -0.1) is 0 Å². The molecule has 4 aromatic rings. The van der Waals surface area contributed by atoms with Crippen molar-refractivity contribution in [1.82, 2.24) is 15.5 Å². The van der Waals surface area contributed by atoms with E-state index in [1.807, 2.05) is 32.0 Å². The van der Waals surface area contributed by atoms with E-state index in [0.29, 0.717) is 16.8 Å². The highest BCUT2D eigenvalue weighted by molar-refractivity contribution is 6.01. The normalized spacial score (nSPS) is 17.2.